The summed E-state index contributed by atoms with van der Waals surface area (Å²) in [5.41, 5.74) is -0.520. The molecule has 1 atom stereocenters. The number of aromatic nitrogens is 1. The molecule has 2 rings (SSSR count). The second kappa shape index (κ2) is 4.01. The minimum absolute atomic E-state index is 0.0148. The number of alkyl halides is 3. The molecule has 92 valence electrons. The van der Waals surface area contributed by atoms with Crippen LogP contribution in [0.1, 0.15) is 25.5 Å². The molecule has 0 radical (unpaired) electrons. The van der Waals surface area contributed by atoms with Gasteiger partial charge in [-0.3, -0.25) is 4.79 Å². The molecule has 0 aliphatic carbocycles. The molecule has 0 N–H and O–H groups in total. The molecule has 1 amide bonds. The third kappa shape index (κ3) is 2.25. The Morgan fingerprint density at radius 2 is 2.12 bits per heavy atom. The highest BCUT2D eigenvalue weighted by Crippen LogP contribution is 2.30. The zero-order valence-electron chi connectivity index (χ0n) is 9.16. The molecule has 3 nitrogen and oxygen atoms in total. The van der Waals surface area contributed by atoms with Gasteiger partial charge in [0.1, 0.15) is 5.69 Å². The first-order valence-electron chi connectivity index (χ1n) is 5.25. The van der Waals surface area contributed by atoms with Crippen molar-refractivity contribution >= 4 is 11.6 Å². The number of halogens is 3. The molecule has 0 spiro atoms. The first-order valence-corrected chi connectivity index (χ1v) is 5.25. The van der Waals surface area contributed by atoms with Gasteiger partial charge in [-0.1, -0.05) is 0 Å². The number of anilines is 1. The Morgan fingerprint density at radius 1 is 1.41 bits per heavy atom. The van der Waals surface area contributed by atoms with Crippen LogP contribution in [0.5, 0.6) is 0 Å². The van der Waals surface area contributed by atoms with Gasteiger partial charge in [0.2, 0.25) is 5.91 Å². The molecule has 6 heteroatoms. The van der Waals surface area contributed by atoms with E-state index < -0.39 is 11.9 Å². The Balaban J connectivity index is 2.27. The molecule has 0 saturated carbocycles. The molecular weight excluding hydrogens is 233 g/mol. The minimum atomic E-state index is -4.45. The molecule has 1 aromatic rings. The van der Waals surface area contributed by atoms with Crippen LogP contribution in [0, 0.1) is 0 Å². The fourth-order valence-electron chi connectivity index (χ4n) is 1.92. The Kier molecular flexibility index (Phi) is 2.81. The van der Waals surface area contributed by atoms with Gasteiger partial charge in [-0.2, -0.15) is 13.2 Å². The van der Waals surface area contributed by atoms with Crippen LogP contribution in [-0.4, -0.2) is 16.9 Å². The van der Waals surface area contributed by atoms with E-state index in [1.165, 1.54) is 11.0 Å². The Labute approximate surface area is 96.3 Å². The van der Waals surface area contributed by atoms with Crippen LogP contribution >= 0.6 is 0 Å². The maximum Gasteiger partial charge on any atom is 0.433 e. The van der Waals surface area contributed by atoms with E-state index in [4.69, 9.17) is 0 Å². The average Bonchev–Trinajstić information content (AvgIpc) is 2.58. The Morgan fingerprint density at radius 3 is 2.53 bits per heavy atom. The van der Waals surface area contributed by atoms with Crippen LogP contribution in [-0.2, 0) is 11.0 Å². The van der Waals surface area contributed by atoms with Gasteiger partial charge in [0.05, 0.1) is 11.9 Å². The highest BCUT2D eigenvalue weighted by molar-refractivity contribution is 5.95. The van der Waals surface area contributed by atoms with Crippen molar-refractivity contribution < 1.29 is 18.0 Å². The summed E-state index contributed by atoms with van der Waals surface area (Å²) in [5.74, 6) is -0.0703. The monoisotopic (exact) mass is 244 g/mol. The molecule has 1 aromatic heterocycles. The highest BCUT2D eigenvalue weighted by Gasteiger charge is 2.33. The fraction of sp³-hybridized carbons (Fsp3) is 0.455. The van der Waals surface area contributed by atoms with Crippen LogP contribution in [0.4, 0.5) is 18.9 Å². The van der Waals surface area contributed by atoms with Crippen LogP contribution in [0.25, 0.3) is 0 Å². The predicted octanol–water partition coefficient (Wildman–Crippen LogP) is 2.62. The standard InChI is InChI=1S/C11H11F3N2O/c1-7-2-5-10(17)16(7)8-3-4-9(15-6-8)11(12,13)14/h3-4,6-7H,2,5H2,1H3. The average molecular weight is 244 g/mol. The lowest BCUT2D eigenvalue weighted by molar-refractivity contribution is -0.141. The summed E-state index contributed by atoms with van der Waals surface area (Å²) < 4.78 is 36.9. The Bertz CT molecular complexity index is 427. The van der Waals surface area contributed by atoms with Gasteiger partial charge in [0, 0.05) is 12.5 Å². The number of amides is 1. The van der Waals surface area contributed by atoms with Crippen molar-refractivity contribution in [2.45, 2.75) is 32.0 Å². The lowest BCUT2D eigenvalue weighted by Crippen LogP contribution is -2.30. The van der Waals surface area contributed by atoms with E-state index in [1.54, 1.807) is 0 Å². The van der Waals surface area contributed by atoms with Gasteiger partial charge in [-0.05, 0) is 25.5 Å². The molecule has 0 aromatic carbocycles. The second-order valence-corrected chi connectivity index (χ2v) is 4.05. The van der Waals surface area contributed by atoms with E-state index in [2.05, 4.69) is 4.98 Å². The highest BCUT2D eigenvalue weighted by atomic mass is 19.4. The first kappa shape index (κ1) is 11.9. The second-order valence-electron chi connectivity index (χ2n) is 4.05. The zero-order valence-corrected chi connectivity index (χ0v) is 9.16. The molecule has 1 aliphatic heterocycles. The quantitative estimate of drug-likeness (QED) is 0.760. The van der Waals surface area contributed by atoms with Crippen molar-refractivity contribution in [2.24, 2.45) is 0 Å². The van der Waals surface area contributed by atoms with E-state index in [0.29, 0.717) is 12.1 Å². The van der Waals surface area contributed by atoms with E-state index in [-0.39, 0.29) is 11.9 Å². The third-order valence-corrected chi connectivity index (χ3v) is 2.80. The molecule has 0 bridgehead atoms. The molecule has 1 aliphatic rings. The van der Waals surface area contributed by atoms with Crippen molar-refractivity contribution in [1.29, 1.82) is 0 Å². The van der Waals surface area contributed by atoms with Crippen LogP contribution in [0.2, 0.25) is 0 Å². The van der Waals surface area contributed by atoms with Gasteiger partial charge in [-0.15, -0.1) is 0 Å². The number of rotatable bonds is 1. The molecule has 1 unspecified atom stereocenters. The van der Waals surface area contributed by atoms with E-state index in [1.807, 2.05) is 6.92 Å². The number of hydrogen-bond donors (Lipinski definition) is 0. The summed E-state index contributed by atoms with van der Waals surface area (Å²) in [4.78, 5) is 16.4. The van der Waals surface area contributed by atoms with Gasteiger partial charge in [0.25, 0.3) is 0 Å². The SMILES string of the molecule is CC1CCC(=O)N1c1ccc(C(F)(F)F)nc1. The number of pyridine rings is 1. The van der Waals surface area contributed by atoms with Crippen molar-refractivity contribution in [2.75, 3.05) is 4.90 Å². The normalized spacial score (nSPS) is 21.1. The van der Waals surface area contributed by atoms with Crippen molar-refractivity contribution in [1.82, 2.24) is 4.98 Å². The fourth-order valence-corrected chi connectivity index (χ4v) is 1.92. The lowest BCUT2D eigenvalue weighted by Gasteiger charge is -2.21. The molecule has 17 heavy (non-hydrogen) atoms. The summed E-state index contributed by atoms with van der Waals surface area (Å²) in [6, 6.07) is 2.20. The molecule has 1 fully saturated rings. The number of carbonyl (C=O) groups excluding carboxylic acids is 1. The minimum Gasteiger partial charge on any atom is -0.308 e. The topological polar surface area (TPSA) is 33.2 Å². The van der Waals surface area contributed by atoms with Crippen LogP contribution in [0.15, 0.2) is 18.3 Å². The first-order chi connectivity index (χ1) is 7.89. The van der Waals surface area contributed by atoms with Crippen LogP contribution < -0.4 is 4.90 Å². The maximum absolute atomic E-state index is 12.3. The summed E-state index contributed by atoms with van der Waals surface area (Å²) >= 11 is 0. The van der Waals surface area contributed by atoms with Crippen molar-refractivity contribution in [3.05, 3.63) is 24.0 Å². The van der Waals surface area contributed by atoms with Crippen molar-refractivity contribution in [3.8, 4) is 0 Å². The zero-order chi connectivity index (χ0) is 12.6. The predicted molar refractivity (Wildman–Crippen MR) is 55.4 cm³/mol. The summed E-state index contributed by atoms with van der Waals surface area (Å²) in [6.07, 6.45) is -2.19. The van der Waals surface area contributed by atoms with E-state index in [9.17, 15) is 18.0 Å². The third-order valence-electron chi connectivity index (χ3n) is 2.80. The summed E-state index contributed by atoms with van der Waals surface area (Å²) in [5, 5.41) is 0. The number of carbonyl (C=O) groups is 1. The molecular formula is C11H11F3N2O. The van der Waals surface area contributed by atoms with E-state index in [0.717, 1.165) is 18.7 Å². The smallest absolute Gasteiger partial charge is 0.308 e. The van der Waals surface area contributed by atoms with Gasteiger partial charge < -0.3 is 4.90 Å². The Hall–Kier alpha value is -1.59. The lowest BCUT2D eigenvalue weighted by atomic mass is 10.2. The summed E-state index contributed by atoms with van der Waals surface area (Å²) in [6.45, 7) is 1.86. The summed E-state index contributed by atoms with van der Waals surface area (Å²) in [7, 11) is 0. The van der Waals surface area contributed by atoms with Gasteiger partial charge >= 0.3 is 6.18 Å². The molecule has 1 saturated heterocycles. The number of nitrogens with zero attached hydrogens (tertiary/aromatic N) is 2. The van der Waals surface area contributed by atoms with Crippen LogP contribution in [0.3, 0.4) is 0 Å². The number of hydrogen-bond acceptors (Lipinski definition) is 2. The van der Waals surface area contributed by atoms with Gasteiger partial charge in [0.15, 0.2) is 0 Å². The largest absolute Gasteiger partial charge is 0.433 e. The maximum atomic E-state index is 12.3. The van der Waals surface area contributed by atoms with Crippen molar-refractivity contribution in [3.63, 3.8) is 0 Å². The van der Waals surface area contributed by atoms with Gasteiger partial charge in [-0.25, -0.2) is 4.98 Å². The van der Waals surface area contributed by atoms with E-state index >= 15 is 0 Å². The molecule has 2 heterocycles.